The highest BCUT2D eigenvalue weighted by atomic mass is 16.6. The van der Waals surface area contributed by atoms with Crippen LogP contribution >= 0.6 is 0 Å². The van der Waals surface area contributed by atoms with Gasteiger partial charge in [0.1, 0.15) is 0 Å². The van der Waals surface area contributed by atoms with Crippen LogP contribution in [0.5, 0.6) is 0 Å². The van der Waals surface area contributed by atoms with Crippen molar-refractivity contribution in [2.45, 2.75) is 40.5 Å². The van der Waals surface area contributed by atoms with E-state index in [0.29, 0.717) is 11.4 Å². The summed E-state index contributed by atoms with van der Waals surface area (Å²) < 4.78 is 0. The quantitative estimate of drug-likeness (QED) is 0.115. The zero-order valence-corrected chi connectivity index (χ0v) is 29.6. The molecule has 0 saturated carbocycles. The maximum absolute atomic E-state index is 11.5. The van der Waals surface area contributed by atoms with E-state index in [2.05, 4.69) is 54.8 Å². The Balaban J connectivity index is 1.52. The molecule has 3 N–H and O–H groups in total. The van der Waals surface area contributed by atoms with Gasteiger partial charge in [-0.2, -0.15) is 0 Å². The first-order valence-corrected chi connectivity index (χ1v) is 17.5. The van der Waals surface area contributed by atoms with Crippen molar-refractivity contribution in [2.24, 2.45) is 0 Å². The number of hydrogen-bond donors (Lipinski definition) is 3. The number of nitrogens with zero attached hydrogens (tertiary/aromatic N) is 4. The van der Waals surface area contributed by atoms with Crippen LogP contribution in [-0.4, -0.2) is 34.8 Å². The highest BCUT2D eigenvalue weighted by Crippen LogP contribution is 2.36. The van der Waals surface area contributed by atoms with Gasteiger partial charge < -0.3 is 15.0 Å². The Labute approximate surface area is 303 Å². The number of aryl methyl sites for hydroxylation is 4. The Bertz CT molecular complexity index is 2580. The van der Waals surface area contributed by atoms with Crippen LogP contribution in [0.15, 0.2) is 72.8 Å². The standard InChI is InChI=1S/C42H35N7O4/c1-5-31-23(3)41-42-24(4)32(6-2)38(47-42)22-28-12-18-34(44-28)40(26-9-15-30(16-10-26)49(52)53)36-20-19-35(45-36)39(25-7-13-29(14-8-25)48(50)51)33-17-11-27(43-33)21-37(31)46-41/h7-22,45-47H,5-6H2,1-4H3. The number of aromatic amines is 3. The van der Waals surface area contributed by atoms with E-state index in [1.807, 2.05) is 36.4 Å². The van der Waals surface area contributed by atoms with Crippen molar-refractivity contribution in [2.75, 3.05) is 0 Å². The van der Waals surface area contributed by atoms with Gasteiger partial charge in [-0.1, -0.05) is 13.8 Å². The van der Waals surface area contributed by atoms with Gasteiger partial charge in [0, 0.05) is 57.5 Å². The number of nitro benzene ring substituents is 2. The molecule has 11 nitrogen and oxygen atoms in total. The molecule has 0 atom stereocenters. The Morgan fingerprint density at radius 2 is 0.943 bits per heavy atom. The molecule has 6 heterocycles. The molecule has 10 bridgehead atoms. The summed E-state index contributed by atoms with van der Waals surface area (Å²) in [6.07, 6.45) is 9.54. The molecule has 0 amide bonds. The molecule has 2 aliphatic rings. The van der Waals surface area contributed by atoms with Crippen LogP contribution in [0, 0.1) is 34.1 Å². The second-order valence-corrected chi connectivity index (χ2v) is 13.2. The van der Waals surface area contributed by atoms with Gasteiger partial charge >= 0.3 is 0 Å². The molecule has 0 fully saturated rings. The minimum Gasteiger partial charge on any atom is -0.354 e. The predicted molar refractivity (Wildman–Crippen MR) is 212 cm³/mol. The van der Waals surface area contributed by atoms with Crippen LogP contribution in [0.3, 0.4) is 0 Å². The molecule has 11 heteroatoms. The van der Waals surface area contributed by atoms with Gasteiger partial charge in [-0.05, 0) is 133 Å². The third-order valence-corrected chi connectivity index (χ3v) is 10.2. The monoisotopic (exact) mass is 701 g/mol. The number of aromatic nitrogens is 5. The van der Waals surface area contributed by atoms with Crippen LogP contribution < -0.4 is 0 Å². The topological polar surface area (TPSA) is 159 Å². The first-order chi connectivity index (χ1) is 25.6. The summed E-state index contributed by atoms with van der Waals surface area (Å²) >= 11 is 0. The van der Waals surface area contributed by atoms with Crippen LogP contribution in [-0.2, 0) is 12.8 Å². The van der Waals surface area contributed by atoms with E-state index in [1.54, 1.807) is 24.3 Å². The Morgan fingerprint density at radius 1 is 0.547 bits per heavy atom. The number of hydrogen-bond acceptors (Lipinski definition) is 6. The molecule has 6 aromatic rings. The van der Waals surface area contributed by atoms with E-state index in [9.17, 15) is 20.2 Å². The first kappa shape index (κ1) is 33.3. The van der Waals surface area contributed by atoms with Crippen molar-refractivity contribution in [1.82, 2.24) is 24.9 Å². The molecule has 0 aliphatic carbocycles. The van der Waals surface area contributed by atoms with E-state index in [0.717, 1.165) is 79.6 Å². The number of fused-ring (bicyclic) bond motifs is 11. The third kappa shape index (κ3) is 5.81. The lowest BCUT2D eigenvalue weighted by molar-refractivity contribution is -0.385. The molecular weight excluding hydrogens is 667 g/mol. The minimum atomic E-state index is -0.415. The lowest BCUT2D eigenvalue weighted by Gasteiger charge is -2.05. The van der Waals surface area contributed by atoms with Crippen molar-refractivity contribution in [1.29, 1.82) is 0 Å². The van der Waals surface area contributed by atoms with Crippen LogP contribution in [0.25, 0.3) is 79.7 Å². The molecule has 0 saturated heterocycles. The highest BCUT2D eigenvalue weighted by Gasteiger charge is 2.18. The first-order valence-electron chi connectivity index (χ1n) is 17.5. The Morgan fingerprint density at radius 3 is 1.30 bits per heavy atom. The van der Waals surface area contributed by atoms with Crippen LogP contribution in [0.2, 0.25) is 0 Å². The fourth-order valence-electron chi connectivity index (χ4n) is 7.53. The lowest BCUT2D eigenvalue weighted by Crippen LogP contribution is -1.90. The van der Waals surface area contributed by atoms with Crippen molar-refractivity contribution >= 4 is 68.8 Å². The molecule has 0 unspecified atom stereocenters. The molecular formula is C42H35N7O4. The number of nitro groups is 2. The maximum atomic E-state index is 11.5. The molecule has 2 aliphatic heterocycles. The van der Waals surface area contributed by atoms with E-state index < -0.39 is 9.85 Å². The van der Waals surface area contributed by atoms with Gasteiger partial charge in [0.15, 0.2) is 0 Å². The van der Waals surface area contributed by atoms with E-state index in [4.69, 9.17) is 9.97 Å². The van der Waals surface area contributed by atoms with E-state index in [-0.39, 0.29) is 11.4 Å². The molecule has 2 aromatic carbocycles. The zero-order chi connectivity index (χ0) is 37.0. The summed E-state index contributed by atoms with van der Waals surface area (Å²) in [6, 6.07) is 20.9. The molecule has 53 heavy (non-hydrogen) atoms. The average Bonchev–Trinajstić information content (AvgIpc) is 3.99. The Kier molecular flexibility index (Phi) is 8.18. The SMILES string of the molecule is CCc1c(C)c2[nH]c1cc1nc(c(-c3ccc([N+](=O)[O-])cc3)c3ccc([nH]3)c(-c3ccc([N+](=O)[O-])cc3)c3nc(cc4[nH]c2c(C)c4CC)C=C3)C=C1. The molecule has 8 rings (SSSR count). The van der Waals surface area contributed by atoms with Gasteiger partial charge in [0.05, 0.1) is 43.7 Å². The molecule has 0 spiro atoms. The summed E-state index contributed by atoms with van der Waals surface area (Å²) in [4.78, 5) is 43.5. The van der Waals surface area contributed by atoms with Gasteiger partial charge in [0.2, 0.25) is 0 Å². The van der Waals surface area contributed by atoms with Crippen molar-refractivity contribution < 1.29 is 9.85 Å². The van der Waals surface area contributed by atoms with Gasteiger partial charge in [-0.25, -0.2) is 9.97 Å². The van der Waals surface area contributed by atoms with Gasteiger partial charge in [-0.3, -0.25) is 20.2 Å². The number of benzene rings is 2. The van der Waals surface area contributed by atoms with Crippen molar-refractivity contribution in [3.63, 3.8) is 0 Å². The predicted octanol–water partition coefficient (Wildman–Crippen LogP) is 10.6. The second kappa shape index (κ2) is 13.0. The lowest BCUT2D eigenvalue weighted by atomic mass is 10.0. The summed E-state index contributed by atoms with van der Waals surface area (Å²) in [5.74, 6) is 0. The molecule has 262 valence electrons. The highest BCUT2D eigenvalue weighted by molar-refractivity contribution is 5.96. The third-order valence-electron chi connectivity index (χ3n) is 10.2. The normalized spacial score (nSPS) is 12.1. The van der Waals surface area contributed by atoms with Gasteiger partial charge in [-0.15, -0.1) is 0 Å². The molecule has 4 aromatic heterocycles. The summed E-state index contributed by atoms with van der Waals surface area (Å²) in [7, 11) is 0. The number of non-ortho nitro benzene ring substituents is 2. The minimum absolute atomic E-state index is 0.00817. The van der Waals surface area contributed by atoms with Crippen LogP contribution in [0.1, 0.15) is 58.9 Å². The number of H-pyrrole nitrogens is 3. The van der Waals surface area contributed by atoms with E-state index in [1.165, 1.54) is 46.5 Å². The van der Waals surface area contributed by atoms with Crippen LogP contribution in [0.4, 0.5) is 11.4 Å². The smallest absolute Gasteiger partial charge is 0.269 e. The summed E-state index contributed by atoms with van der Waals surface area (Å²) in [5.41, 5.74) is 16.2. The fraction of sp³-hybridized carbons (Fsp3) is 0.143. The second-order valence-electron chi connectivity index (χ2n) is 13.2. The zero-order valence-electron chi connectivity index (χ0n) is 29.6. The Hall–Kier alpha value is -6.88. The average molecular weight is 702 g/mol. The van der Waals surface area contributed by atoms with Crippen molar-refractivity contribution in [3.05, 3.63) is 138 Å². The van der Waals surface area contributed by atoms with Crippen molar-refractivity contribution in [3.8, 4) is 22.3 Å². The largest absolute Gasteiger partial charge is 0.354 e. The number of rotatable bonds is 6. The number of nitrogens with one attached hydrogen (secondary N) is 3. The maximum Gasteiger partial charge on any atom is 0.269 e. The molecule has 0 radical (unpaired) electrons. The summed E-state index contributed by atoms with van der Waals surface area (Å²) in [6.45, 7) is 8.61. The fourth-order valence-corrected chi connectivity index (χ4v) is 7.53. The van der Waals surface area contributed by atoms with E-state index >= 15 is 0 Å². The summed E-state index contributed by atoms with van der Waals surface area (Å²) in [5, 5.41) is 23.1. The van der Waals surface area contributed by atoms with Gasteiger partial charge in [0.25, 0.3) is 11.4 Å².